The number of benzene rings is 1. The first-order chi connectivity index (χ1) is 18.4. The summed E-state index contributed by atoms with van der Waals surface area (Å²) in [6.07, 6.45) is 8.07. The summed E-state index contributed by atoms with van der Waals surface area (Å²) < 4.78 is 2.01. The Balaban J connectivity index is 1.29. The molecule has 2 saturated heterocycles. The van der Waals surface area contributed by atoms with Gasteiger partial charge in [-0.3, -0.25) is 14.5 Å². The second kappa shape index (κ2) is 11.3. The number of carbonyl (C=O) groups excluding carboxylic acids is 2. The van der Waals surface area contributed by atoms with Crippen molar-refractivity contribution in [3.63, 3.8) is 0 Å². The lowest BCUT2D eigenvalue weighted by molar-refractivity contribution is -0.160. The minimum absolute atomic E-state index is 0.0136. The predicted molar refractivity (Wildman–Crippen MR) is 149 cm³/mol. The van der Waals surface area contributed by atoms with E-state index in [1.807, 2.05) is 27.8 Å². The van der Waals surface area contributed by atoms with E-state index in [9.17, 15) is 9.59 Å². The Morgan fingerprint density at radius 1 is 1.05 bits per heavy atom. The SMILES string of the molecule is CC#CCN1C(=O)[C@@H](CC2CCCCC2)NC(=O)C12CCN(Cc1c(C)nn(-c3ccccc3)c1C)CC2. The third-order valence-corrected chi connectivity index (χ3v) is 9.02. The summed E-state index contributed by atoms with van der Waals surface area (Å²) in [5.41, 5.74) is 3.66. The van der Waals surface area contributed by atoms with Crippen molar-refractivity contribution in [1.29, 1.82) is 0 Å². The fraction of sp³-hybridized carbons (Fsp3) is 0.581. The molecule has 1 aromatic heterocycles. The molecule has 1 aliphatic carbocycles. The zero-order chi connectivity index (χ0) is 26.7. The van der Waals surface area contributed by atoms with Crippen molar-refractivity contribution in [2.24, 2.45) is 5.92 Å². The average molecular weight is 516 g/mol. The number of para-hydroxylation sites is 1. The highest BCUT2D eigenvalue weighted by Crippen LogP contribution is 2.36. The van der Waals surface area contributed by atoms with Crippen LogP contribution < -0.4 is 5.32 Å². The number of likely N-dealkylation sites (tertiary alicyclic amines) is 1. The summed E-state index contributed by atoms with van der Waals surface area (Å²) >= 11 is 0. The van der Waals surface area contributed by atoms with Gasteiger partial charge in [0.1, 0.15) is 11.6 Å². The van der Waals surface area contributed by atoms with Crippen LogP contribution in [0.4, 0.5) is 0 Å². The van der Waals surface area contributed by atoms with E-state index in [1.165, 1.54) is 24.8 Å². The monoisotopic (exact) mass is 515 g/mol. The Hall–Kier alpha value is -3.11. The highest BCUT2D eigenvalue weighted by atomic mass is 16.2. The van der Waals surface area contributed by atoms with Crippen molar-refractivity contribution < 1.29 is 9.59 Å². The molecule has 0 radical (unpaired) electrons. The first-order valence-corrected chi connectivity index (χ1v) is 14.3. The van der Waals surface area contributed by atoms with Gasteiger partial charge in [-0.15, -0.1) is 5.92 Å². The maximum atomic E-state index is 13.7. The van der Waals surface area contributed by atoms with E-state index >= 15 is 0 Å². The van der Waals surface area contributed by atoms with Crippen LogP contribution in [-0.2, 0) is 16.1 Å². The molecular formula is C31H41N5O2. The van der Waals surface area contributed by atoms with Crippen molar-refractivity contribution in [1.82, 2.24) is 24.9 Å². The Labute approximate surface area is 226 Å². The van der Waals surface area contributed by atoms with Gasteiger partial charge in [-0.25, -0.2) is 4.68 Å². The zero-order valence-corrected chi connectivity index (χ0v) is 23.1. The van der Waals surface area contributed by atoms with Crippen LogP contribution in [0.2, 0.25) is 0 Å². The number of piperidine rings is 1. The predicted octanol–water partition coefficient (Wildman–Crippen LogP) is 4.14. The number of carbonyl (C=O) groups is 2. The summed E-state index contributed by atoms with van der Waals surface area (Å²) in [5.74, 6) is 6.64. The molecule has 5 rings (SSSR count). The quantitative estimate of drug-likeness (QED) is 0.587. The van der Waals surface area contributed by atoms with E-state index in [0.29, 0.717) is 25.3 Å². The lowest BCUT2D eigenvalue weighted by atomic mass is 9.79. The molecule has 7 nitrogen and oxygen atoms in total. The number of rotatable bonds is 6. The molecule has 2 aromatic rings. The van der Waals surface area contributed by atoms with Crippen molar-refractivity contribution in [2.75, 3.05) is 19.6 Å². The molecule has 2 aliphatic heterocycles. The molecule has 3 fully saturated rings. The molecule has 1 N–H and O–H groups in total. The molecule has 3 heterocycles. The van der Waals surface area contributed by atoms with Gasteiger partial charge in [0.15, 0.2) is 0 Å². The van der Waals surface area contributed by atoms with Crippen molar-refractivity contribution in [3.05, 3.63) is 47.3 Å². The highest BCUT2D eigenvalue weighted by Gasteiger charge is 2.53. The number of aryl methyl sites for hydroxylation is 1. The molecule has 3 aliphatic rings. The summed E-state index contributed by atoms with van der Waals surface area (Å²) in [6.45, 7) is 8.60. The number of hydrogen-bond donors (Lipinski definition) is 1. The maximum absolute atomic E-state index is 13.7. The van der Waals surface area contributed by atoms with Crippen LogP contribution >= 0.6 is 0 Å². The molecule has 0 bridgehead atoms. The number of amides is 2. The van der Waals surface area contributed by atoms with Gasteiger partial charge in [0, 0.05) is 30.9 Å². The molecule has 7 heteroatoms. The van der Waals surface area contributed by atoms with Gasteiger partial charge in [-0.05, 0) is 58.1 Å². The van der Waals surface area contributed by atoms with Crippen LogP contribution in [0.1, 0.15) is 75.2 Å². The summed E-state index contributed by atoms with van der Waals surface area (Å²) in [6, 6.07) is 9.80. The number of hydrogen-bond acceptors (Lipinski definition) is 4. The molecule has 1 atom stereocenters. The smallest absolute Gasteiger partial charge is 0.246 e. The van der Waals surface area contributed by atoms with Crippen LogP contribution in [0.5, 0.6) is 0 Å². The molecule has 1 aromatic carbocycles. The highest BCUT2D eigenvalue weighted by molar-refractivity contribution is 6.00. The van der Waals surface area contributed by atoms with Crippen LogP contribution in [0, 0.1) is 31.6 Å². The third kappa shape index (κ3) is 5.11. The Morgan fingerprint density at radius 2 is 1.76 bits per heavy atom. The van der Waals surface area contributed by atoms with Crippen molar-refractivity contribution in [3.8, 4) is 17.5 Å². The third-order valence-electron chi connectivity index (χ3n) is 9.02. The first kappa shape index (κ1) is 26.5. The molecule has 38 heavy (non-hydrogen) atoms. The number of nitrogens with zero attached hydrogens (tertiary/aromatic N) is 4. The minimum Gasteiger partial charge on any atom is -0.342 e. The van der Waals surface area contributed by atoms with Gasteiger partial charge < -0.3 is 10.2 Å². The van der Waals surface area contributed by atoms with Gasteiger partial charge in [0.05, 0.1) is 17.9 Å². The van der Waals surface area contributed by atoms with Gasteiger partial charge in [0.2, 0.25) is 11.8 Å². The van der Waals surface area contributed by atoms with E-state index in [0.717, 1.165) is 56.0 Å². The second-order valence-electron chi connectivity index (χ2n) is 11.3. The largest absolute Gasteiger partial charge is 0.342 e. The number of nitrogens with one attached hydrogen (secondary N) is 1. The lowest BCUT2D eigenvalue weighted by Crippen LogP contribution is -2.73. The van der Waals surface area contributed by atoms with Crippen LogP contribution in [0.15, 0.2) is 30.3 Å². The number of aromatic nitrogens is 2. The van der Waals surface area contributed by atoms with E-state index < -0.39 is 11.6 Å². The van der Waals surface area contributed by atoms with Gasteiger partial charge in [0.25, 0.3) is 0 Å². The van der Waals surface area contributed by atoms with E-state index in [2.05, 4.69) is 48.0 Å². The Kier molecular flexibility index (Phi) is 7.90. The molecule has 1 saturated carbocycles. The molecule has 1 spiro atoms. The van der Waals surface area contributed by atoms with E-state index in [1.54, 1.807) is 6.92 Å². The average Bonchev–Trinajstić information content (AvgIpc) is 3.22. The Bertz CT molecular complexity index is 1210. The minimum atomic E-state index is -0.807. The van der Waals surface area contributed by atoms with Crippen molar-refractivity contribution >= 4 is 11.8 Å². The van der Waals surface area contributed by atoms with Crippen molar-refractivity contribution in [2.45, 2.75) is 90.3 Å². The fourth-order valence-corrected chi connectivity index (χ4v) is 6.71. The van der Waals surface area contributed by atoms with Crippen LogP contribution in [-0.4, -0.2) is 62.6 Å². The first-order valence-electron chi connectivity index (χ1n) is 14.3. The fourth-order valence-electron chi connectivity index (χ4n) is 6.71. The number of piperazine rings is 1. The van der Waals surface area contributed by atoms with Crippen LogP contribution in [0.3, 0.4) is 0 Å². The summed E-state index contributed by atoms with van der Waals surface area (Å²) in [4.78, 5) is 31.7. The Morgan fingerprint density at radius 3 is 2.45 bits per heavy atom. The normalized spacial score (nSPS) is 22.3. The second-order valence-corrected chi connectivity index (χ2v) is 11.3. The molecule has 2 amide bonds. The van der Waals surface area contributed by atoms with Gasteiger partial charge >= 0.3 is 0 Å². The summed E-state index contributed by atoms with van der Waals surface area (Å²) in [7, 11) is 0. The molecular weight excluding hydrogens is 474 g/mol. The van der Waals surface area contributed by atoms with E-state index in [4.69, 9.17) is 5.10 Å². The van der Waals surface area contributed by atoms with Crippen LogP contribution in [0.25, 0.3) is 5.69 Å². The van der Waals surface area contributed by atoms with Gasteiger partial charge in [-0.1, -0.05) is 56.2 Å². The zero-order valence-electron chi connectivity index (χ0n) is 23.1. The molecule has 0 unspecified atom stereocenters. The topological polar surface area (TPSA) is 70.5 Å². The van der Waals surface area contributed by atoms with E-state index in [-0.39, 0.29) is 11.8 Å². The standard InChI is InChI=1S/C31H41N5O2/c1-4-5-18-35-29(37)28(21-25-12-8-6-9-13-25)32-30(38)31(35)16-19-34(20-17-31)22-27-23(2)33-36(24(27)3)26-14-10-7-11-15-26/h7,10-11,14-15,25,28H,6,8-9,12-13,16-22H2,1-3H3,(H,32,38)/t28-/m1/s1. The molecule has 202 valence electrons. The lowest BCUT2D eigenvalue weighted by Gasteiger charge is -2.51. The summed E-state index contributed by atoms with van der Waals surface area (Å²) in [5, 5.41) is 7.99. The van der Waals surface area contributed by atoms with Gasteiger partial charge in [-0.2, -0.15) is 5.10 Å². The maximum Gasteiger partial charge on any atom is 0.246 e.